The first-order valence-electron chi connectivity index (χ1n) is 9.80. The molecule has 2 aromatic heterocycles. The van der Waals surface area contributed by atoms with Crippen molar-refractivity contribution in [2.24, 2.45) is 4.99 Å². The number of aromatic nitrogens is 1. The lowest BCUT2D eigenvalue weighted by atomic mass is 10.1. The molecular weight excluding hydrogens is 450 g/mol. The van der Waals surface area contributed by atoms with Gasteiger partial charge in [0.15, 0.2) is 4.80 Å². The second kappa shape index (κ2) is 8.64. The van der Waals surface area contributed by atoms with Crippen LogP contribution in [0.3, 0.4) is 0 Å². The van der Waals surface area contributed by atoms with Crippen LogP contribution in [-0.4, -0.2) is 28.0 Å². The van der Waals surface area contributed by atoms with Gasteiger partial charge in [0.2, 0.25) is 0 Å². The Morgan fingerprint density at radius 2 is 1.91 bits per heavy atom. The second-order valence-electron chi connectivity index (χ2n) is 7.21. The van der Waals surface area contributed by atoms with Gasteiger partial charge in [-0.1, -0.05) is 17.4 Å². The van der Waals surface area contributed by atoms with E-state index in [4.69, 9.17) is 4.74 Å². The van der Waals surface area contributed by atoms with Crippen molar-refractivity contribution in [3.05, 3.63) is 67.3 Å². The summed E-state index contributed by atoms with van der Waals surface area (Å²) in [5, 5.41) is 11.6. The van der Waals surface area contributed by atoms with Crippen molar-refractivity contribution in [1.82, 2.24) is 4.57 Å². The average Bonchev–Trinajstić information content (AvgIpc) is 3.29. The molecule has 2 aromatic carbocycles. The minimum atomic E-state index is -0.469. The third-order valence-electron chi connectivity index (χ3n) is 4.82. The number of fused-ring (bicyclic) bond motifs is 2. The number of aryl methyl sites for hydroxylation is 2. The SMILES string of the molecule is CCOC(=O)Cn1c(=NC(=O)c2cc3cc([N+](=O)[O-])ccc3s2)sc2cc(C)cc(C)c21. The van der Waals surface area contributed by atoms with Gasteiger partial charge in [0, 0.05) is 22.2 Å². The molecular formula is C22H19N3O5S2. The molecule has 2 heterocycles. The highest BCUT2D eigenvalue weighted by molar-refractivity contribution is 7.21. The van der Waals surface area contributed by atoms with Gasteiger partial charge in [0.1, 0.15) is 6.54 Å². The van der Waals surface area contributed by atoms with Crippen LogP contribution in [0.2, 0.25) is 0 Å². The van der Waals surface area contributed by atoms with E-state index in [1.807, 2.05) is 26.0 Å². The zero-order chi connectivity index (χ0) is 23.0. The molecule has 10 heteroatoms. The van der Waals surface area contributed by atoms with E-state index in [1.165, 1.54) is 34.8 Å². The predicted octanol–water partition coefficient (Wildman–Crippen LogP) is 4.75. The average molecular weight is 470 g/mol. The largest absolute Gasteiger partial charge is 0.465 e. The molecule has 164 valence electrons. The number of nitro benzene ring substituents is 1. The Bertz CT molecular complexity index is 1460. The fourth-order valence-corrected chi connectivity index (χ4v) is 5.68. The third-order valence-corrected chi connectivity index (χ3v) is 6.95. The number of carbonyl (C=O) groups excluding carboxylic acids is 2. The molecule has 4 aromatic rings. The number of nitrogens with zero attached hydrogens (tertiary/aromatic N) is 3. The summed E-state index contributed by atoms with van der Waals surface area (Å²) >= 11 is 2.55. The number of nitro groups is 1. The van der Waals surface area contributed by atoms with Crippen LogP contribution in [0.1, 0.15) is 27.7 Å². The van der Waals surface area contributed by atoms with Gasteiger partial charge in [-0.05, 0) is 50.1 Å². The maximum absolute atomic E-state index is 13.0. The summed E-state index contributed by atoms with van der Waals surface area (Å²) in [5.74, 6) is -0.873. The Balaban J connectivity index is 1.82. The fourth-order valence-electron chi connectivity index (χ4n) is 3.55. The van der Waals surface area contributed by atoms with Crippen molar-refractivity contribution in [2.75, 3.05) is 6.61 Å². The molecule has 0 bridgehead atoms. The minimum Gasteiger partial charge on any atom is -0.465 e. The number of hydrogen-bond acceptors (Lipinski definition) is 7. The maximum Gasteiger partial charge on any atom is 0.326 e. The van der Waals surface area contributed by atoms with Crippen LogP contribution in [0.25, 0.3) is 20.3 Å². The zero-order valence-corrected chi connectivity index (χ0v) is 19.2. The molecule has 1 amide bonds. The predicted molar refractivity (Wildman–Crippen MR) is 124 cm³/mol. The lowest BCUT2D eigenvalue weighted by Gasteiger charge is -2.07. The molecule has 0 spiro atoms. The van der Waals surface area contributed by atoms with Crippen LogP contribution < -0.4 is 4.80 Å². The summed E-state index contributed by atoms with van der Waals surface area (Å²) in [6, 6.07) is 10.1. The number of ether oxygens (including phenoxy) is 1. The number of amides is 1. The topological polar surface area (TPSA) is 104 Å². The van der Waals surface area contributed by atoms with Gasteiger partial charge in [0.25, 0.3) is 11.6 Å². The van der Waals surface area contributed by atoms with E-state index in [-0.39, 0.29) is 18.8 Å². The first kappa shape index (κ1) is 21.8. The van der Waals surface area contributed by atoms with Gasteiger partial charge >= 0.3 is 5.97 Å². The van der Waals surface area contributed by atoms with E-state index in [0.717, 1.165) is 26.0 Å². The van der Waals surface area contributed by atoms with Gasteiger partial charge in [-0.15, -0.1) is 11.3 Å². The van der Waals surface area contributed by atoms with E-state index in [9.17, 15) is 19.7 Å². The molecule has 4 rings (SSSR count). The summed E-state index contributed by atoms with van der Waals surface area (Å²) in [6.45, 7) is 5.89. The Kier molecular flexibility index (Phi) is 5.90. The highest BCUT2D eigenvalue weighted by atomic mass is 32.1. The highest BCUT2D eigenvalue weighted by Gasteiger charge is 2.17. The molecule has 0 saturated heterocycles. The molecule has 0 unspecified atom stereocenters. The molecule has 0 radical (unpaired) electrons. The fraction of sp³-hybridized carbons (Fsp3) is 0.227. The first-order valence-corrected chi connectivity index (χ1v) is 11.4. The van der Waals surface area contributed by atoms with Crippen molar-refractivity contribution in [3.63, 3.8) is 0 Å². The standard InChI is InChI=1S/C22H19N3O5S2/c1-4-30-19(26)11-24-20-13(3)7-12(2)8-17(20)32-22(24)23-21(27)18-10-14-9-15(25(28)29)5-6-16(14)31-18/h5-10H,4,11H2,1-3H3. The van der Waals surface area contributed by atoms with E-state index in [0.29, 0.717) is 15.1 Å². The van der Waals surface area contributed by atoms with Crippen LogP contribution in [-0.2, 0) is 16.1 Å². The number of esters is 1. The number of thiophene rings is 1. The van der Waals surface area contributed by atoms with Crippen LogP contribution in [0.4, 0.5) is 5.69 Å². The Morgan fingerprint density at radius 3 is 2.62 bits per heavy atom. The third kappa shape index (κ3) is 4.19. The first-order chi connectivity index (χ1) is 15.3. The van der Waals surface area contributed by atoms with Crippen molar-refractivity contribution < 1.29 is 19.2 Å². The highest BCUT2D eigenvalue weighted by Crippen LogP contribution is 2.29. The maximum atomic E-state index is 13.0. The smallest absolute Gasteiger partial charge is 0.326 e. The molecule has 0 saturated carbocycles. The summed E-state index contributed by atoms with van der Waals surface area (Å²) in [7, 11) is 0. The van der Waals surface area contributed by atoms with E-state index < -0.39 is 16.8 Å². The molecule has 0 N–H and O–H groups in total. The van der Waals surface area contributed by atoms with Gasteiger partial charge in [0.05, 0.1) is 26.6 Å². The Labute approximate surface area is 190 Å². The Hall–Kier alpha value is -3.37. The van der Waals surface area contributed by atoms with Gasteiger partial charge in [-0.2, -0.15) is 4.99 Å². The molecule has 8 nitrogen and oxygen atoms in total. The lowest BCUT2D eigenvalue weighted by Crippen LogP contribution is -2.23. The zero-order valence-electron chi connectivity index (χ0n) is 17.6. The monoisotopic (exact) mass is 469 g/mol. The van der Waals surface area contributed by atoms with E-state index >= 15 is 0 Å². The van der Waals surface area contributed by atoms with E-state index in [1.54, 1.807) is 23.6 Å². The summed E-state index contributed by atoms with van der Waals surface area (Å²) in [4.78, 5) is 40.8. The van der Waals surface area contributed by atoms with Crippen molar-refractivity contribution in [3.8, 4) is 0 Å². The molecule has 0 fully saturated rings. The van der Waals surface area contributed by atoms with Crippen molar-refractivity contribution in [1.29, 1.82) is 0 Å². The van der Waals surface area contributed by atoms with Crippen molar-refractivity contribution in [2.45, 2.75) is 27.3 Å². The molecule has 0 aliphatic rings. The number of hydrogen-bond donors (Lipinski definition) is 0. The van der Waals surface area contributed by atoms with Crippen LogP contribution >= 0.6 is 22.7 Å². The number of non-ortho nitro benzene ring substituents is 1. The summed E-state index contributed by atoms with van der Waals surface area (Å²) < 4.78 is 8.50. The quantitative estimate of drug-likeness (QED) is 0.238. The number of carbonyl (C=O) groups is 2. The minimum absolute atomic E-state index is 0.0335. The molecule has 0 atom stereocenters. The normalized spacial score (nSPS) is 11.9. The molecule has 0 aliphatic heterocycles. The van der Waals surface area contributed by atoms with Crippen LogP contribution in [0.15, 0.2) is 41.4 Å². The van der Waals surface area contributed by atoms with Gasteiger partial charge in [-0.25, -0.2) is 0 Å². The summed E-state index contributed by atoms with van der Waals surface area (Å²) in [6.07, 6.45) is 0. The number of rotatable bonds is 5. The van der Waals surface area contributed by atoms with Crippen LogP contribution in [0.5, 0.6) is 0 Å². The molecule has 0 aliphatic carbocycles. The van der Waals surface area contributed by atoms with E-state index in [2.05, 4.69) is 4.99 Å². The molecule has 32 heavy (non-hydrogen) atoms. The van der Waals surface area contributed by atoms with Gasteiger partial charge in [-0.3, -0.25) is 19.7 Å². The second-order valence-corrected chi connectivity index (χ2v) is 9.30. The lowest BCUT2D eigenvalue weighted by molar-refractivity contribution is -0.384. The van der Waals surface area contributed by atoms with Crippen LogP contribution in [0, 0.1) is 24.0 Å². The van der Waals surface area contributed by atoms with Crippen molar-refractivity contribution >= 4 is 60.5 Å². The summed E-state index contributed by atoms with van der Waals surface area (Å²) in [5.41, 5.74) is 2.85. The number of benzene rings is 2. The van der Waals surface area contributed by atoms with Gasteiger partial charge < -0.3 is 9.30 Å². The Morgan fingerprint density at radius 1 is 1.12 bits per heavy atom. The number of thiazole rings is 1.